The van der Waals surface area contributed by atoms with Crippen LogP contribution in [0.1, 0.15) is 49.9 Å². The van der Waals surface area contributed by atoms with E-state index in [1.54, 1.807) is 6.92 Å². The minimum Gasteiger partial charge on any atom is -0.488 e. The minimum absolute atomic E-state index is 0.107. The number of hydrogen-bond donors (Lipinski definition) is 0. The van der Waals surface area contributed by atoms with E-state index in [9.17, 15) is 4.79 Å². The molecule has 0 aliphatic carbocycles. The van der Waals surface area contributed by atoms with E-state index in [0.29, 0.717) is 17.9 Å². The summed E-state index contributed by atoms with van der Waals surface area (Å²) in [5, 5.41) is 3.77. The van der Waals surface area contributed by atoms with Crippen LogP contribution >= 0.6 is 0 Å². The predicted molar refractivity (Wildman–Crippen MR) is 108 cm³/mol. The van der Waals surface area contributed by atoms with Gasteiger partial charge in [0.25, 0.3) is 0 Å². The molecule has 0 aromatic heterocycles. The number of hydrogen-bond acceptors (Lipinski definition) is 4. The molecular formula is C23H25NO3. The molecule has 2 aromatic carbocycles. The van der Waals surface area contributed by atoms with Crippen molar-refractivity contribution >= 4 is 17.8 Å². The van der Waals surface area contributed by atoms with E-state index < -0.39 is 5.97 Å². The van der Waals surface area contributed by atoms with Crippen molar-refractivity contribution in [3.8, 4) is 5.75 Å². The van der Waals surface area contributed by atoms with Crippen LogP contribution < -0.4 is 4.74 Å². The Balaban J connectivity index is 2.08. The van der Waals surface area contributed by atoms with Crippen LogP contribution in [0.25, 0.3) is 6.08 Å². The Labute approximate surface area is 160 Å². The second kappa shape index (κ2) is 7.39. The Hall–Kier alpha value is -2.88. The van der Waals surface area contributed by atoms with E-state index in [-0.39, 0.29) is 5.41 Å². The van der Waals surface area contributed by atoms with E-state index in [1.165, 1.54) is 0 Å². The van der Waals surface area contributed by atoms with Gasteiger partial charge in [-0.2, -0.15) is 0 Å². The molecule has 27 heavy (non-hydrogen) atoms. The van der Waals surface area contributed by atoms with Crippen LogP contribution in [0.15, 0.2) is 53.2 Å². The molecule has 1 aliphatic heterocycles. The van der Waals surface area contributed by atoms with Gasteiger partial charge >= 0.3 is 5.97 Å². The number of oxime groups is 1. The lowest BCUT2D eigenvalue weighted by Crippen LogP contribution is -2.15. The molecule has 0 spiro atoms. The fourth-order valence-corrected chi connectivity index (χ4v) is 3.03. The van der Waals surface area contributed by atoms with Crippen molar-refractivity contribution in [1.29, 1.82) is 0 Å². The standard InChI is InChI=1S/C23H25NO3/c1-15-11-18(13-19-16(2)24-27-22(19)25)21(20(12-15)23(3,4)5)26-14-17-9-7-6-8-10-17/h6-13H,14H2,1-5H3/b19-13-. The van der Waals surface area contributed by atoms with Crippen LogP contribution in [-0.2, 0) is 21.7 Å². The first-order chi connectivity index (χ1) is 12.8. The highest BCUT2D eigenvalue weighted by molar-refractivity contribution is 6.24. The van der Waals surface area contributed by atoms with Gasteiger partial charge in [-0.25, -0.2) is 4.79 Å². The molecule has 1 heterocycles. The van der Waals surface area contributed by atoms with E-state index in [1.807, 2.05) is 49.4 Å². The molecule has 0 radical (unpaired) electrons. The van der Waals surface area contributed by atoms with Crippen molar-refractivity contribution in [1.82, 2.24) is 0 Å². The molecule has 0 amide bonds. The van der Waals surface area contributed by atoms with Crippen molar-refractivity contribution in [2.45, 2.75) is 46.6 Å². The molecule has 0 unspecified atom stereocenters. The predicted octanol–water partition coefficient (Wildman–Crippen LogP) is 5.19. The number of nitrogens with zero attached hydrogens (tertiary/aromatic N) is 1. The molecule has 1 aliphatic rings. The van der Waals surface area contributed by atoms with Crippen molar-refractivity contribution in [3.05, 3.63) is 70.3 Å². The summed E-state index contributed by atoms with van der Waals surface area (Å²) in [7, 11) is 0. The largest absolute Gasteiger partial charge is 0.488 e. The van der Waals surface area contributed by atoms with Crippen LogP contribution in [0.4, 0.5) is 0 Å². The van der Waals surface area contributed by atoms with Crippen molar-refractivity contribution in [2.24, 2.45) is 5.16 Å². The molecule has 0 bridgehead atoms. The molecule has 4 nitrogen and oxygen atoms in total. The van der Waals surface area contributed by atoms with Gasteiger partial charge < -0.3 is 9.57 Å². The quantitative estimate of drug-likeness (QED) is 0.555. The maximum absolute atomic E-state index is 12.0. The number of carbonyl (C=O) groups excluding carboxylic acids is 1. The van der Waals surface area contributed by atoms with E-state index in [2.05, 4.69) is 32.0 Å². The van der Waals surface area contributed by atoms with Crippen molar-refractivity contribution in [3.63, 3.8) is 0 Å². The smallest absolute Gasteiger partial charge is 0.367 e. The first-order valence-electron chi connectivity index (χ1n) is 9.05. The maximum Gasteiger partial charge on any atom is 0.367 e. The second-order valence-electron chi connectivity index (χ2n) is 7.87. The number of ether oxygens (including phenoxy) is 1. The van der Waals surface area contributed by atoms with Crippen LogP contribution in [0.2, 0.25) is 0 Å². The summed E-state index contributed by atoms with van der Waals surface area (Å²) in [4.78, 5) is 16.8. The summed E-state index contributed by atoms with van der Waals surface area (Å²) >= 11 is 0. The summed E-state index contributed by atoms with van der Waals surface area (Å²) in [6.07, 6.45) is 1.82. The summed E-state index contributed by atoms with van der Waals surface area (Å²) in [6.45, 7) is 10.7. The third-order valence-electron chi connectivity index (χ3n) is 4.47. The molecule has 0 saturated heterocycles. The number of carbonyl (C=O) groups is 1. The Bertz CT molecular complexity index is 919. The summed E-state index contributed by atoms with van der Waals surface area (Å²) < 4.78 is 6.28. The topological polar surface area (TPSA) is 47.9 Å². The van der Waals surface area contributed by atoms with Gasteiger partial charge in [0, 0.05) is 11.1 Å². The highest BCUT2D eigenvalue weighted by Gasteiger charge is 2.25. The number of rotatable bonds is 4. The molecule has 0 fully saturated rings. The third kappa shape index (κ3) is 4.27. The SMILES string of the molecule is CC1=NOC(=O)/C1=C\c1cc(C)cc(C(C)(C)C)c1OCc1ccccc1. The summed E-state index contributed by atoms with van der Waals surface area (Å²) in [5.41, 5.74) is 5.10. The van der Waals surface area contributed by atoms with Gasteiger partial charge in [-0.1, -0.05) is 62.3 Å². The van der Waals surface area contributed by atoms with Gasteiger partial charge in [0.1, 0.15) is 12.4 Å². The van der Waals surface area contributed by atoms with E-state index >= 15 is 0 Å². The van der Waals surface area contributed by atoms with Gasteiger partial charge in [0.2, 0.25) is 0 Å². The van der Waals surface area contributed by atoms with Crippen molar-refractivity contribution < 1.29 is 14.4 Å². The molecule has 0 atom stereocenters. The van der Waals surface area contributed by atoms with Gasteiger partial charge in [0.05, 0.1) is 11.3 Å². The van der Waals surface area contributed by atoms with Gasteiger partial charge in [-0.15, -0.1) is 0 Å². The maximum atomic E-state index is 12.0. The highest BCUT2D eigenvalue weighted by Crippen LogP contribution is 2.37. The highest BCUT2D eigenvalue weighted by atomic mass is 16.7. The van der Waals surface area contributed by atoms with Gasteiger partial charge in [-0.3, -0.25) is 0 Å². The van der Waals surface area contributed by atoms with Crippen LogP contribution in [0.5, 0.6) is 5.75 Å². The first kappa shape index (κ1) is 18.9. The molecule has 2 aromatic rings. The normalized spacial score (nSPS) is 15.7. The first-order valence-corrected chi connectivity index (χ1v) is 9.05. The molecule has 3 rings (SSSR count). The molecular weight excluding hydrogens is 338 g/mol. The average molecular weight is 363 g/mol. The Morgan fingerprint density at radius 1 is 1.11 bits per heavy atom. The molecule has 4 heteroatoms. The molecule has 140 valence electrons. The zero-order valence-electron chi connectivity index (χ0n) is 16.5. The van der Waals surface area contributed by atoms with Gasteiger partial charge in [0.15, 0.2) is 0 Å². The number of benzene rings is 2. The third-order valence-corrected chi connectivity index (χ3v) is 4.47. The summed E-state index contributed by atoms with van der Waals surface area (Å²) in [5.74, 6) is 0.359. The monoisotopic (exact) mass is 363 g/mol. The second-order valence-corrected chi connectivity index (χ2v) is 7.87. The van der Waals surface area contributed by atoms with Crippen LogP contribution in [-0.4, -0.2) is 11.7 Å². The lowest BCUT2D eigenvalue weighted by atomic mass is 9.83. The molecule has 0 N–H and O–H groups in total. The lowest BCUT2D eigenvalue weighted by molar-refractivity contribution is -0.136. The average Bonchev–Trinajstić information content (AvgIpc) is 2.92. The van der Waals surface area contributed by atoms with Gasteiger partial charge in [-0.05, 0) is 42.5 Å². The minimum atomic E-state index is -0.430. The Kier molecular flexibility index (Phi) is 5.17. The van der Waals surface area contributed by atoms with E-state index in [4.69, 9.17) is 9.57 Å². The fraction of sp³-hybridized carbons (Fsp3) is 0.304. The zero-order chi connectivity index (χ0) is 19.6. The van der Waals surface area contributed by atoms with Crippen LogP contribution in [0.3, 0.4) is 0 Å². The Morgan fingerprint density at radius 3 is 2.41 bits per heavy atom. The fourth-order valence-electron chi connectivity index (χ4n) is 3.03. The lowest BCUT2D eigenvalue weighted by Gasteiger charge is -2.25. The molecule has 0 saturated carbocycles. The van der Waals surface area contributed by atoms with E-state index in [0.717, 1.165) is 28.0 Å². The summed E-state index contributed by atoms with van der Waals surface area (Å²) in [6, 6.07) is 14.2. The van der Waals surface area contributed by atoms with Crippen LogP contribution in [0, 0.1) is 6.92 Å². The Morgan fingerprint density at radius 2 is 1.81 bits per heavy atom. The van der Waals surface area contributed by atoms with Crippen molar-refractivity contribution in [2.75, 3.05) is 0 Å². The number of aryl methyl sites for hydroxylation is 1. The zero-order valence-corrected chi connectivity index (χ0v) is 16.5.